The van der Waals surface area contributed by atoms with Crippen LogP contribution >= 0.6 is 11.8 Å². The number of hydrogen-bond acceptors (Lipinski definition) is 8. The third-order valence-corrected chi connectivity index (χ3v) is 4.94. The SMILES string of the molecule is N#Cc1c(N)nc(SC2CCOC2=O)c(C#N)c1-c1ccc(O)cc1. The van der Waals surface area contributed by atoms with E-state index < -0.39 is 5.25 Å². The molecule has 3 N–H and O–H groups in total. The molecule has 1 atom stereocenters. The van der Waals surface area contributed by atoms with E-state index in [0.29, 0.717) is 24.2 Å². The number of thioether (sulfide) groups is 1. The van der Waals surface area contributed by atoms with Crippen LogP contribution in [-0.4, -0.2) is 27.9 Å². The van der Waals surface area contributed by atoms with Gasteiger partial charge >= 0.3 is 5.97 Å². The average Bonchev–Trinajstić information content (AvgIpc) is 3.00. The van der Waals surface area contributed by atoms with E-state index >= 15 is 0 Å². The molecule has 0 bridgehead atoms. The Bertz CT molecular complexity index is 929. The van der Waals surface area contributed by atoms with Gasteiger partial charge in [-0.1, -0.05) is 23.9 Å². The molecule has 1 unspecified atom stereocenters. The summed E-state index contributed by atoms with van der Waals surface area (Å²) >= 11 is 1.11. The van der Waals surface area contributed by atoms with Crippen molar-refractivity contribution < 1.29 is 14.6 Å². The maximum Gasteiger partial charge on any atom is 0.319 e. The molecule has 25 heavy (non-hydrogen) atoms. The molecule has 3 rings (SSSR count). The predicted octanol–water partition coefficient (Wildman–Crippen LogP) is 2.19. The lowest BCUT2D eigenvalue weighted by atomic mass is 9.97. The van der Waals surface area contributed by atoms with Crippen LogP contribution in [-0.2, 0) is 9.53 Å². The zero-order valence-corrected chi connectivity index (χ0v) is 13.7. The second-order valence-corrected chi connectivity index (χ2v) is 6.45. The highest BCUT2D eigenvalue weighted by Crippen LogP contribution is 2.38. The van der Waals surface area contributed by atoms with Gasteiger partial charge in [-0.3, -0.25) is 4.79 Å². The van der Waals surface area contributed by atoms with Crippen molar-refractivity contribution in [1.29, 1.82) is 10.5 Å². The van der Waals surface area contributed by atoms with Crippen molar-refractivity contribution in [3.8, 4) is 29.0 Å². The normalized spacial score (nSPS) is 16.1. The Balaban J connectivity index is 2.18. The smallest absolute Gasteiger partial charge is 0.319 e. The van der Waals surface area contributed by atoms with E-state index in [0.717, 1.165) is 11.8 Å². The minimum absolute atomic E-state index is 0.0153. The molecule has 0 spiro atoms. The van der Waals surface area contributed by atoms with Crippen LogP contribution in [0.5, 0.6) is 5.75 Å². The maximum absolute atomic E-state index is 11.7. The first-order valence-electron chi connectivity index (χ1n) is 7.31. The maximum atomic E-state index is 11.7. The Morgan fingerprint density at radius 3 is 2.48 bits per heavy atom. The Morgan fingerprint density at radius 2 is 1.92 bits per heavy atom. The fraction of sp³-hybridized carbons (Fsp3) is 0.176. The molecule has 1 aromatic carbocycles. The second kappa shape index (κ2) is 6.71. The van der Waals surface area contributed by atoms with Gasteiger partial charge < -0.3 is 15.6 Å². The Morgan fingerprint density at radius 1 is 1.24 bits per heavy atom. The highest BCUT2D eigenvalue weighted by Gasteiger charge is 2.30. The average molecular weight is 352 g/mol. The van der Waals surface area contributed by atoms with Crippen molar-refractivity contribution in [2.75, 3.05) is 12.3 Å². The topological polar surface area (TPSA) is 133 Å². The number of aromatic hydroxyl groups is 1. The number of carbonyl (C=O) groups excluding carboxylic acids is 1. The molecular weight excluding hydrogens is 340 g/mol. The molecule has 124 valence electrons. The van der Waals surface area contributed by atoms with E-state index in [4.69, 9.17) is 10.5 Å². The van der Waals surface area contributed by atoms with Gasteiger partial charge in [-0.15, -0.1) is 0 Å². The van der Waals surface area contributed by atoms with Crippen molar-refractivity contribution in [1.82, 2.24) is 4.98 Å². The van der Waals surface area contributed by atoms with Gasteiger partial charge in [0.15, 0.2) is 0 Å². The highest BCUT2D eigenvalue weighted by molar-refractivity contribution is 8.00. The van der Waals surface area contributed by atoms with Gasteiger partial charge in [0.2, 0.25) is 0 Å². The molecule has 0 aliphatic carbocycles. The number of ether oxygens (including phenoxy) is 1. The van der Waals surface area contributed by atoms with Crippen LogP contribution in [0.25, 0.3) is 11.1 Å². The fourth-order valence-electron chi connectivity index (χ4n) is 2.52. The molecule has 8 heteroatoms. The predicted molar refractivity (Wildman–Crippen MR) is 90.4 cm³/mol. The van der Waals surface area contributed by atoms with E-state index in [1.54, 1.807) is 12.1 Å². The molecule has 1 saturated heterocycles. The number of cyclic esters (lactones) is 1. The molecule has 0 saturated carbocycles. The van der Waals surface area contributed by atoms with Crippen molar-refractivity contribution >= 4 is 23.5 Å². The molecule has 2 aromatic rings. The highest BCUT2D eigenvalue weighted by atomic mass is 32.2. The number of aromatic nitrogens is 1. The summed E-state index contributed by atoms with van der Waals surface area (Å²) in [6, 6.07) is 10.1. The van der Waals surface area contributed by atoms with Crippen LogP contribution in [0.15, 0.2) is 29.3 Å². The standard InChI is InChI=1S/C17H12N4O3S/c18-7-11-14(9-1-3-10(22)4-2-9)12(8-19)16(21-15(11)20)25-13-5-6-24-17(13)23/h1-4,13,22H,5-6H2,(H2,20,21). The molecule has 7 nitrogen and oxygen atoms in total. The summed E-state index contributed by atoms with van der Waals surface area (Å²) in [6.45, 7) is 0.328. The second-order valence-electron chi connectivity index (χ2n) is 5.26. The lowest BCUT2D eigenvalue weighted by Crippen LogP contribution is -2.11. The number of pyridine rings is 1. The molecule has 2 heterocycles. The largest absolute Gasteiger partial charge is 0.508 e. The third kappa shape index (κ3) is 3.08. The summed E-state index contributed by atoms with van der Waals surface area (Å²) in [4.78, 5) is 15.9. The molecule has 1 aliphatic rings. The number of hydrogen-bond donors (Lipinski definition) is 2. The lowest BCUT2D eigenvalue weighted by Gasteiger charge is -2.14. The van der Waals surface area contributed by atoms with Crippen LogP contribution in [0.1, 0.15) is 17.5 Å². The number of nitrogens with two attached hydrogens (primary N) is 1. The van der Waals surface area contributed by atoms with Crippen molar-refractivity contribution in [2.24, 2.45) is 0 Å². The summed E-state index contributed by atoms with van der Waals surface area (Å²) in [7, 11) is 0. The number of phenolic OH excluding ortho intramolecular Hbond substituents is 1. The van der Waals surface area contributed by atoms with E-state index in [9.17, 15) is 20.4 Å². The summed E-state index contributed by atoms with van der Waals surface area (Å²) in [6.07, 6.45) is 0.518. The van der Waals surface area contributed by atoms with Crippen LogP contribution in [0, 0.1) is 22.7 Å². The van der Waals surface area contributed by atoms with Gasteiger partial charge in [-0.05, 0) is 17.7 Å². The number of nitrogen functional groups attached to an aromatic ring is 1. The van der Waals surface area contributed by atoms with Gasteiger partial charge in [0, 0.05) is 12.0 Å². The summed E-state index contributed by atoms with van der Waals surface area (Å²) < 4.78 is 4.93. The monoisotopic (exact) mass is 352 g/mol. The van der Waals surface area contributed by atoms with Crippen molar-refractivity contribution in [2.45, 2.75) is 16.7 Å². The Kier molecular flexibility index (Phi) is 4.46. The summed E-state index contributed by atoms with van der Waals surface area (Å²) in [5, 5.41) is 28.4. The van der Waals surface area contributed by atoms with Crippen molar-refractivity contribution in [3.05, 3.63) is 35.4 Å². The van der Waals surface area contributed by atoms with Gasteiger partial charge in [-0.2, -0.15) is 10.5 Å². The molecule has 1 fully saturated rings. The van der Waals surface area contributed by atoms with Gasteiger partial charge in [0.25, 0.3) is 0 Å². The van der Waals surface area contributed by atoms with Crippen LogP contribution in [0.3, 0.4) is 0 Å². The Hall–Kier alpha value is -3.23. The number of nitrogens with zero attached hydrogens (tertiary/aromatic N) is 3. The minimum Gasteiger partial charge on any atom is -0.508 e. The van der Waals surface area contributed by atoms with Crippen LogP contribution in [0.4, 0.5) is 5.82 Å². The van der Waals surface area contributed by atoms with Gasteiger partial charge in [-0.25, -0.2) is 4.98 Å². The third-order valence-electron chi connectivity index (χ3n) is 3.71. The number of nitriles is 2. The summed E-state index contributed by atoms with van der Waals surface area (Å²) in [5.41, 5.74) is 7.05. The van der Waals surface area contributed by atoms with E-state index in [2.05, 4.69) is 11.1 Å². The number of phenols is 1. The van der Waals surface area contributed by atoms with E-state index in [1.165, 1.54) is 12.1 Å². The zero-order chi connectivity index (χ0) is 18.0. The minimum atomic E-state index is -0.459. The number of esters is 1. The molecule has 1 aromatic heterocycles. The quantitative estimate of drug-likeness (QED) is 0.803. The first-order chi connectivity index (χ1) is 12.0. The first kappa shape index (κ1) is 16.6. The lowest BCUT2D eigenvalue weighted by molar-refractivity contribution is -0.137. The molecular formula is C17H12N4O3S. The number of carbonyl (C=O) groups is 1. The van der Waals surface area contributed by atoms with E-state index in [1.807, 2.05) is 6.07 Å². The van der Waals surface area contributed by atoms with Gasteiger partial charge in [0.1, 0.15) is 39.5 Å². The molecule has 0 amide bonds. The molecule has 1 aliphatic heterocycles. The number of anilines is 1. The van der Waals surface area contributed by atoms with Crippen LogP contribution < -0.4 is 5.73 Å². The number of benzene rings is 1. The molecule has 0 radical (unpaired) electrons. The zero-order valence-electron chi connectivity index (χ0n) is 12.9. The van der Waals surface area contributed by atoms with E-state index in [-0.39, 0.29) is 33.7 Å². The van der Waals surface area contributed by atoms with Crippen molar-refractivity contribution in [3.63, 3.8) is 0 Å². The van der Waals surface area contributed by atoms with Gasteiger partial charge in [0.05, 0.1) is 12.2 Å². The number of rotatable bonds is 3. The fourth-order valence-corrected chi connectivity index (χ4v) is 3.58. The summed E-state index contributed by atoms with van der Waals surface area (Å²) in [5.74, 6) is -0.311. The first-order valence-corrected chi connectivity index (χ1v) is 8.19. The Labute approximate surface area is 147 Å². The van der Waals surface area contributed by atoms with Crippen LogP contribution in [0.2, 0.25) is 0 Å².